The number of hydrogen-bond acceptors (Lipinski definition) is 4. The Bertz CT molecular complexity index is 587. The zero-order chi connectivity index (χ0) is 18.3. The minimum Gasteiger partial charge on any atom is -0.354 e. The standard InChI is InChI=1S/C16H20F3N3O2S/c17-16(18,19)12-5-6-14(22-9-12)25-10-13(23)20-7-8-21-15(24)11-3-1-2-4-11/h5-6,9,11H,1-4,7-8,10H2,(H,20,23)(H,21,24). The highest BCUT2D eigenvalue weighted by Crippen LogP contribution is 2.29. The number of pyridine rings is 1. The fourth-order valence-corrected chi connectivity index (χ4v) is 3.22. The number of alkyl halides is 3. The molecule has 0 aromatic carbocycles. The van der Waals surface area contributed by atoms with Crippen molar-refractivity contribution in [3.63, 3.8) is 0 Å². The maximum absolute atomic E-state index is 12.4. The summed E-state index contributed by atoms with van der Waals surface area (Å²) in [4.78, 5) is 27.2. The molecule has 1 fully saturated rings. The highest BCUT2D eigenvalue weighted by atomic mass is 32.2. The second-order valence-corrected chi connectivity index (χ2v) is 6.79. The monoisotopic (exact) mass is 375 g/mol. The zero-order valence-corrected chi connectivity index (χ0v) is 14.4. The summed E-state index contributed by atoms with van der Waals surface area (Å²) in [7, 11) is 0. The molecule has 0 spiro atoms. The number of hydrogen-bond donors (Lipinski definition) is 2. The van der Waals surface area contributed by atoms with E-state index in [0.717, 1.165) is 49.7 Å². The van der Waals surface area contributed by atoms with Gasteiger partial charge in [0.1, 0.15) is 0 Å². The lowest BCUT2D eigenvalue weighted by Gasteiger charge is -2.11. The topological polar surface area (TPSA) is 71.1 Å². The molecule has 2 N–H and O–H groups in total. The van der Waals surface area contributed by atoms with Gasteiger partial charge in [0.05, 0.1) is 16.3 Å². The van der Waals surface area contributed by atoms with Gasteiger partial charge in [-0.3, -0.25) is 9.59 Å². The highest BCUT2D eigenvalue weighted by molar-refractivity contribution is 7.99. The van der Waals surface area contributed by atoms with E-state index in [0.29, 0.717) is 18.1 Å². The van der Waals surface area contributed by atoms with Crippen LogP contribution in [-0.4, -0.2) is 35.6 Å². The van der Waals surface area contributed by atoms with Crippen molar-refractivity contribution in [2.45, 2.75) is 36.9 Å². The molecule has 0 unspecified atom stereocenters. The van der Waals surface area contributed by atoms with Gasteiger partial charge < -0.3 is 10.6 Å². The first kappa shape index (κ1) is 19.6. The second kappa shape index (κ2) is 9.07. The van der Waals surface area contributed by atoms with E-state index in [1.165, 1.54) is 6.07 Å². The first-order chi connectivity index (χ1) is 11.9. The lowest BCUT2D eigenvalue weighted by Crippen LogP contribution is -2.37. The number of aromatic nitrogens is 1. The normalized spacial score (nSPS) is 15.2. The Kier molecular flexibility index (Phi) is 7.10. The molecule has 1 aromatic rings. The van der Waals surface area contributed by atoms with Gasteiger partial charge in [0.15, 0.2) is 0 Å². The Hall–Kier alpha value is -1.77. The molecule has 1 aliphatic carbocycles. The van der Waals surface area contributed by atoms with Crippen molar-refractivity contribution in [3.05, 3.63) is 23.9 Å². The van der Waals surface area contributed by atoms with E-state index in [1.807, 2.05) is 0 Å². The van der Waals surface area contributed by atoms with Gasteiger partial charge in [0.25, 0.3) is 0 Å². The van der Waals surface area contributed by atoms with Crippen LogP contribution in [-0.2, 0) is 15.8 Å². The molecule has 1 aliphatic rings. The quantitative estimate of drug-likeness (QED) is 0.568. The molecule has 1 saturated carbocycles. The van der Waals surface area contributed by atoms with Crippen LogP contribution in [0.2, 0.25) is 0 Å². The molecule has 5 nitrogen and oxygen atoms in total. The van der Waals surface area contributed by atoms with Crippen molar-refractivity contribution < 1.29 is 22.8 Å². The number of thioether (sulfide) groups is 1. The van der Waals surface area contributed by atoms with Gasteiger partial charge in [-0.05, 0) is 25.0 Å². The number of nitrogens with zero attached hydrogens (tertiary/aromatic N) is 1. The molecular weight excluding hydrogens is 355 g/mol. The number of rotatable bonds is 7. The molecule has 9 heteroatoms. The van der Waals surface area contributed by atoms with E-state index in [2.05, 4.69) is 15.6 Å². The highest BCUT2D eigenvalue weighted by Gasteiger charge is 2.30. The van der Waals surface area contributed by atoms with Crippen molar-refractivity contribution in [2.75, 3.05) is 18.8 Å². The predicted molar refractivity (Wildman–Crippen MR) is 87.9 cm³/mol. The fraction of sp³-hybridized carbons (Fsp3) is 0.562. The van der Waals surface area contributed by atoms with Crippen LogP contribution in [0.5, 0.6) is 0 Å². The van der Waals surface area contributed by atoms with Crippen LogP contribution in [0, 0.1) is 5.92 Å². The summed E-state index contributed by atoms with van der Waals surface area (Å²) in [6.07, 6.45) is 0.354. The smallest absolute Gasteiger partial charge is 0.354 e. The van der Waals surface area contributed by atoms with Crippen LogP contribution in [0.4, 0.5) is 13.2 Å². The van der Waals surface area contributed by atoms with E-state index in [9.17, 15) is 22.8 Å². The van der Waals surface area contributed by atoms with Crippen LogP contribution in [0.15, 0.2) is 23.4 Å². The summed E-state index contributed by atoms with van der Waals surface area (Å²) in [5.74, 6) is -0.0801. The van der Waals surface area contributed by atoms with Crippen molar-refractivity contribution in [1.82, 2.24) is 15.6 Å². The van der Waals surface area contributed by atoms with Crippen LogP contribution < -0.4 is 10.6 Å². The van der Waals surface area contributed by atoms with Gasteiger partial charge in [-0.2, -0.15) is 13.2 Å². The minimum atomic E-state index is -4.42. The molecule has 25 heavy (non-hydrogen) atoms. The molecular formula is C16H20F3N3O2S. The zero-order valence-electron chi connectivity index (χ0n) is 13.6. The number of halogens is 3. The van der Waals surface area contributed by atoms with Crippen LogP contribution >= 0.6 is 11.8 Å². The van der Waals surface area contributed by atoms with Gasteiger partial charge in [-0.15, -0.1) is 0 Å². The average Bonchev–Trinajstić information content (AvgIpc) is 3.11. The third kappa shape index (κ3) is 6.56. The van der Waals surface area contributed by atoms with Crippen LogP contribution in [0.3, 0.4) is 0 Å². The molecule has 2 rings (SSSR count). The molecule has 1 aromatic heterocycles. The van der Waals surface area contributed by atoms with E-state index < -0.39 is 11.7 Å². The minimum absolute atomic E-state index is 0.0371. The fourth-order valence-electron chi connectivity index (χ4n) is 2.54. The maximum Gasteiger partial charge on any atom is 0.417 e. The van der Waals surface area contributed by atoms with Gasteiger partial charge in [-0.25, -0.2) is 4.98 Å². The first-order valence-electron chi connectivity index (χ1n) is 8.06. The van der Waals surface area contributed by atoms with Crippen molar-refractivity contribution >= 4 is 23.6 Å². The first-order valence-corrected chi connectivity index (χ1v) is 9.05. The molecule has 138 valence electrons. The number of carbonyl (C=O) groups is 2. The Morgan fingerprint density at radius 3 is 2.44 bits per heavy atom. The molecule has 1 heterocycles. The average molecular weight is 375 g/mol. The summed E-state index contributed by atoms with van der Waals surface area (Å²) in [5, 5.41) is 5.79. The molecule has 0 bridgehead atoms. The summed E-state index contributed by atoms with van der Waals surface area (Å²) in [5.41, 5.74) is -0.820. The van der Waals surface area contributed by atoms with Gasteiger partial charge in [0.2, 0.25) is 11.8 Å². The summed E-state index contributed by atoms with van der Waals surface area (Å²) in [6.45, 7) is 0.683. The Morgan fingerprint density at radius 1 is 1.16 bits per heavy atom. The third-order valence-electron chi connectivity index (χ3n) is 3.89. The third-order valence-corrected chi connectivity index (χ3v) is 4.83. The molecule has 0 radical (unpaired) electrons. The van der Waals surface area contributed by atoms with E-state index in [-0.39, 0.29) is 23.5 Å². The molecule has 0 atom stereocenters. The molecule has 0 saturated heterocycles. The van der Waals surface area contributed by atoms with Crippen molar-refractivity contribution in [1.29, 1.82) is 0 Å². The summed E-state index contributed by atoms with van der Waals surface area (Å²) >= 11 is 1.05. The maximum atomic E-state index is 12.4. The summed E-state index contributed by atoms with van der Waals surface area (Å²) in [6, 6.07) is 2.17. The predicted octanol–water partition coefficient (Wildman–Crippen LogP) is 2.62. The second-order valence-electron chi connectivity index (χ2n) is 5.79. The SMILES string of the molecule is O=C(CSc1ccc(C(F)(F)F)cn1)NCCNC(=O)C1CCCC1. The number of amides is 2. The van der Waals surface area contributed by atoms with Gasteiger partial charge in [-0.1, -0.05) is 24.6 Å². The number of nitrogens with one attached hydrogen (secondary N) is 2. The van der Waals surface area contributed by atoms with E-state index >= 15 is 0 Å². The largest absolute Gasteiger partial charge is 0.417 e. The van der Waals surface area contributed by atoms with E-state index in [4.69, 9.17) is 0 Å². The molecule has 0 aliphatic heterocycles. The Balaban J connectivity index is 1.61. The Morgan fingerprint density at radius 2 is 1.84 bits per heavy atom. The van der Waals surface area contributed by atoms with Crippen molar-refractivity contribution in [3.8, 4) is 0 Å². The van der Waals surface area contributed by atoms with Gasteiger partial charge in [0, 0.05) is 25.2 Å². The Labute approximate surface area is 148 Å². The number of carbonyl (C=O) groups excluding carboxylic acids is 2. The van der Waals surface area contributed by atoms with Crippen molar-refractivity contribution in [2.24, 2.45) is 5.92 Å². The van der Waals surface area contributed by atoms with Gasteiger partial charge >= 0.3 is 6.18 Å². The van der Waals surface area contributed by atoms with Crippen LogP contribution in [0.1, 0.15) is 31.2 Å². The van der Waals surface area contributed by atoms with E-state index in [1.54, 1.807) is 0 Å². The van der Waals surface area contributed by atoms with Crippen LogP contribution in [0.25, 0.3) is 0 Å². The lowest BCUT2D eigenvalue weighted by molar-refractivity contribution is -0.138. The lowest BCUT2D eigenvalue weighted by atomic mass is 10.1. The summed E-state index contributed by atoms with van der Waals surface area (Å²) < 4.78 is 37.3. The molecule has 2 amide bonds.